The molecule has 0 aliphatic rings. The Labute approximate surface area is 88.6 Å². The molecule has 0 unspecified atom stereocenters. The normalized spacial score (nSPS) is 9.60. The number of H-pyrrole nitrogens is 1. The maximum absolute atomic E-state index is 11.3. The van der Waals surface area contributed by atoms with Crippen LogP contribution in [0.15, 0.2) is 6.07 Å². The molecule has 1 amide bonds. The van der Waals surface area contributed by atoms with Crippen LogP contribution in [0.1, 0.15) is 12.6 Å². The van der Waals surface area contributed by atoms with Crippen molar-refractivity contribution < 1.29 is 4.79 Å². The highest BCUT2D eigenvalue weighted by molar-refractivity contribution is 5.91. The Morgan fingerprint density at radius 1 is 1.73 bits per heavy atom. The maximum Gasteiger partial charge on any atom is 0.239 e. The molecule has 15 heavy (non-hydrogen) atoms. The second kappa shape index (κ2) is 5.83. The summed E-state index contributed by atoms with van der Waals surface area (Å²) in [4.78, 5) is 11.3. The monoisotopic (exact) mass is 206 g/mol. The molecule has 0 saturated carbocycles. The molecule has 1 heterocycles. The predicted octanol–water partition coefficient (Wildman–Crippen LogP) is 0.133. The lowest BCUT2D eigenvalue weighted by Crippen LogP contribution is -2.28. The van der Waals surface area contributed by atoms with Crippen molar-refractivity contribution in [3.05, 3.63) is 11.8 Å². The number of nitrogens with one attached hydrogen (secondary N) is 3. The van der Waals surface area contributed by atoms with Gasteiger partial charge in [-0.3, -0.25) is 15.2 Å². The number of aryl methyl sites for hydroxylation is 1. The van der Waals surface area contributed by atoms with Gasteiger partial charge in [0.15, 0.2) is 5.82 Å². The fraction of sp³-hybridized carbons (Fsp3) is 0.400. The highest BCUT2D eigenvalue weighted by atomic mass is 16.2. The summed E-state index contributed by atoms with van der Waals surface area (Å²) in [6.07, 6.45) is 5.89. The van der Waals surface area contributed by atoms with E-state index in [0.717, 1.165) is 12.1 Å². The number of rotatable bonds is 5. The van der Waals surface area contributed by atoms with Gasteiger partial charge in [-0.1, -0.05) is 12.8 Å². The van der Waals surface area contributed by atoms with E-state index in [1.54, 1.807) is 6.07 Å². The van der Waals surface area contributed by atoms with E-state index in [9.17, 15) is 4.79 Å². The SMILES string of the molecule is C#CCNCC(=O)Nc1cc(CC)[nH]n1. The van der Waals surface area contributed by atoms with Crippen LogP contribution in [0.4, 0.5) is 5.82 Å². The third-order valence-corrected chi connectivity index (χ3v) is 1.79. The number of aromatic nitrogens is 2. The molecule has 80 valence electrons. The Balaban J connectivity index is 2.34. The maximum atomic E-state index is 11.3. The molecule has 0 atom stereocenters. The molecule has 0 bridgehead atoms. The summed E-state index contributed by atoms with van der Waals surface area (Å²) in [5.41, 5.74) is 0.988. The van der Waals surface area contributed by atoms with Gasteiger partial charge in [0.05, 0.1) is 13.1 Å². The molecule has 5 nitrogen and oxygen atoms in total. The number of aromatic amines is 1. The van der Waals surface area contributed by atoms with Crippen LogP contribution in [-0.4, -0.2) is 29.2 Å². The third-order valence-electron chi connectivity index (χ3n) is 1.79. The quantitative estimate of drug-likeness (QED) is 0.474. The minimum absolute atomic E-state index is 0.153. The minimum atomic E-state index is -0.153. The summed E-state index contributed by atoms with van der Waals surface area (Å²) < 4.78 is 0. The van der Waals surface area contributed by atoms with Crippen LogP contribution in [0.2, 0.25) is 0 Å². The number of carbonyl (C=O) groups excluding carboxylic acids is 1. The van der Waals surface area contributed by atoms with Crippen LogP contribution in [0.5, 0.6) is 0 Å². The summed E-state index contributed by atoms with van der Waals surface area (Å²) in [5, 5.41) is 12.2. The molecular weight excluding hydrogens is 192 g/mol. The summed E-state index contributed by atoms with van der Waals surface area (Å²) in [6.45, 7) is 2.58. The number of carbonyl (C=O) groups is 1. The smallest absolute Gasteiger partial charge is 0.239 e. The number of amides is 1. The second-order valence-corrected chi connectivity index (χ2v) is 2.99. The zero-order chi connectivity index (χ0) is 11.1. The molecular formula is C10H14N4O. The lowest BCUT2D eigenvalue weighted by atomic mass is 10.3. The zero-order valence-electron chi connectivity index (χ0n) is 8.63. The average molecular weight is 206 g/mol. The first kappa shape index (κ1) is 11.3. The first-order chi connectivity index (χ1) is 7.26. The summed E-state index contributed by atoms with van der Waals surface area (Å²) in [6, 6.07) is 1.80. The van der Waals surface area contributed by atoms with E-state index in [2.05, 4.69) is 26.8 Å². The lowest BCUT2D eigenvalue weighted by molar-refractivity contribution is -0.115. The van der Waals surface area contributed by atoms with E-state index in [-0.39, 0.29) is 12.5 Å². The molecule has 0 aliphatic carbocycles. The van der Waals surface area contributed by atoms with E-state index in [4.69, 9.17) is 6.42 Å². The predicted molar refractivity (Wildman–Crippen MR) is 58.3 cm³/mol. The van der Waals surface area contributed by atoms with Gasteiger partial charge in [-0.15, -0.1) is 6.42 Å². The Morgan fingerprint density at radius 2 is 2.53 bits per heavy atom. The fourth-order valence-electron chi connectivity index (χ4n) is 1.04. The van der Waals surface area contributed by atoms with Crippen LogP contribution in [0.3, 0.4) is 0 Å². The van der Waals surface area contributed by atoms with Crippen LogP contribution in [0.25, 0.3) is 0 Å². The lowest BCUT2D eigenvalue weighted by Gasteiger charge is -2.00. The van der Waals surface area contributed by atoms with Crippen LogP contribution in [-0.2, 0) is 11.2 Å². The molecule has 1 aromatic rings. The van der Waals surface area contributed by atoms with Crippen molar-refractivity contribution in [2.24, 2.45) is 0 Å². The molecule has 3 N–H and O–H groups in total. The van der Waals surface area contributed by atoms with Crippen LogP contribution >= 0.6 is 0 Å². The van der Waals surface area contributed by atoms with Crippen molar-refractivity contribution in [2.45, 2.75) is 13.3 Å². The first-order valence-corrected chi connectivity index (χ1v) is 4.74. The number of nitrogens with zero attached hydrogens (tertiary/aromatic N) is 1. The number of hydrogen-bond acceptors (Lipinski definition) is 3. The van der Waals surface area contributed by atoms with Gasteiger partial charge in [-0.25, -0.2) is 0 Å². The number of terminal acetylenes is 1. The average Bonchev–Trinajstić information content (AvgIpc) is 2.66. The molecule has 0 aromatic carbocycles. The zero-order valence-corrected chi connectivity index (χ0v) is 8.63. The topological polar surface area (TPSA) is 69.8 Å². The molecule has 5 heteroatoms. The van der Waals surface area contributed by atoms with E-state index in [1.807, 2.05) is 6.92 Å². The van der Waals surface area contributed by atoms with Crippen molar-refractivity contribution in [3.63, 3.8) is 0 Å². The fourth-order valence-corrected chi connectivity index (χ4v) is 1.04. The van der Waals surface area contributed by atoms with Crippen molar-refractivity contribution in [1.82, 2.24) is 15.5 Å². The summed E-state index contributed by atoms with van der Waals surface area (Å²) >= 11 is 0. The highest BCUT2D eigenvalue weighted by Gasteiger charge is 2.04. The van der Waals surface area contributed by atoms with E-state index >= 15 is 0 Å². The summed E-state index contributed by atoms with van der Waals surface area (Å²) in [7, 11) is 0. The van der Waals surface area contributed by atoms with Gasteiger partial charge in [0.1, 0.15) is 0 Å². The van der Waals surface area contributed by atoms with Gasteiger partial charge < -0.3 is 5.32 Å². The summed E-state index contributed by atoms with van der Waals surface area (Å²) in [5.74, 6) is 2.78. The number of hydrogen-bond donors (Lipinski definition) is 3. The van der Waals surface area contributed by atoms with Gasteiger partial charge >= 0.3 is 0 Å². The third kappa shape index (κ3) is 3.83. The van der Waals surface area contributed by atoms with Crippen molar-refractivity contribution in [1.29, 1.82) is 0 Å². The second-order valence-electron chi connectivity index (χ2n) is 2.99. The molecule has 0 saturated heterocycles. The van der Waals surface area contributed by atoms with Crippen LogP contribution in [0, 0.1) is 12.3 Å². The first-order valence-electron chi connectivity index (χ1n) is 4.74. The molecule has 0 fully saturated rings. The number of anilines is 1. The highest BCUT2D eigenvalue weighted by Crippen LogP contribution is 2.04. The largest absolute Gasteiger partial charge is 0.308 e. The standard InChI is InChI=1S/C10H14N4O/c1-3-5-11-7-10(15)12-9-6-8(4-2)13-14-9/h1,6,11H,4-5,7H2,2H3,(H2,12,13,14,15). The van der Waals surface area contributed by atoms with Gasteiger partial charge in [-0.05, 0) is 6.42 Å². The van der Waals surface area contributed by atoms with E-state index < -0.39 is 0 Å². The molecule has 1 rings (SSSR count). The van der Waals surface area contributed by atoms with E-state index in [1.165, 1.54) is 0 Å². The molecule has 0 aliphatic heterocycles. The Hall–Kier alpha value is -1.80. The molecule has 1 aromatic heterocycles. The van der Waals surface area contributed by atoms with Crippen molar-refractivity contribution in [3.8, 4) is 12.3 Å². The van der Waals surface area contributed by atoms with Crippen LogP contribution < -0.4 is 10.6 Å². The van der Waals surface area contributed by atoms with Gasteiger partial charge in [0.25, 0.3) is 0 Å². The van der Waals surface area contributed by atoms with Gasteiger partial charge in [0, 0.05) is 11.8 Å². The van der Waals surface area contributed by atoms with Gasteiger partial charge in [-0.2, -0.15) is 5.10 Å². The molecule has 0 radical (unpaired) electrons. The molecule has 0 spiro atoms. The Bertz CT molecular complexity index is 364. The van der Waals surface area contributed by atoms with Crippen molar-refractivity contribution in [2.75, 3.05) is 18.4 Å². The Morgan fingerprint density at radius 3 is 3.13 bits per heavy atom. The van der Waals surface area contributed by atoms with E-state index in [0.29, 0.717) is 12.4 Å². The Kier molecular flexibility index (Phi) is 4.38. The van der Waals surface area contributed by atoms with Gasteiger partial charge in [0.2, 0.25) is 5.91 Å². The van der Waals surface area contributed by atoms with Crippen molar-refractivity contribution >= 4 is 11.7 Å². The minimum Gasteiger partial charge on any atom is -0.308 e.